The van der Waals surface area contributed by atoms with Crippen LogP contribution < -0.4 is 9.47 Å². The Kier molecular flexibility index (Phi) is 5.26. The molecule has 0 saturated carbocycles. The highest BCUT2D eigenvalue weighted by molar-refractivity contribution is 6.04. The van der Waals surface area contributed by atoms with Gasteiger partial charge in [-0.15, -0.1) is 0 Å². The summed E-state index contributed by atoms with van der Waals surface area (Å²) in [5.74, 6) is 2.90. The second-order valence-electron chi connectivity index (χ2n) is 5.35. The van der Waals surface area contributed by atoms with Crippen molar-refractivity contribution in [3.8, 4) is 17.2 Å². The van der Waals surface area contributed by atoms with Gasteiger partial charge < -0.3 is 24.7 Å². The van der Waals surface area contributed by atoms with Gasteiger partial charge in [0.05, 0.1) is 6.26 Å². The molecular formula is C20H18N2O3. The van der Waals surface area contributed by atoms with Crippen LogP contribution >= 0.6 is 0 Å². The topological polar surface area (TPSA) is 79.3 Å². The van der Waals surface area contributed by atoms with E-state index in [0.29, 0.717) is 30.2 Å². The van der Waals surface area contributed by atoms with Crippen LogP contribution in [0.3, 0.4) is 0 Å². The maximum absolute atomic E-state index is 7.82. The smallest absolute Gasteiger partial charge is 0.146 e. The molecule has 3 rings (SSSR count). The van der Waals surface area contributed by atoms with E-state index in [0.717, 1.165) is 17.1 Å². The Labute approximate surface area is 145 Å². The number of hydrogen-bond donors (Lipinski definition) is 2. The van der Waals surface area contributed by atoms with Gasteiger partial charge in [0.25, 0.3) is 0 Å². The van der Waals surface area contributed by atoms with Crippen molar-refractivity contribution in [3.63, 3.8) is 0 Å². The molecule has 126 valence electrons. The standard InChI is InChI=1S/C20H18N2O3/c21-12-11-20(22)15-3-5-17(6-4-15)25-18-9-7-16(8-10-18)24-14-19-2-1-13-23-19/h1-10,12-13,21-22H,11,14H2. The number of ether oxygens (including phenoxy) is 2. The molecular weight excluding hydrogens is 316 g/mol. The molecule has 0 saturated heterocycles. The van der Waals surface area contributed by atoms with Gasteiger partial charge in [-0.05, 0) is 66.2 Å². The molecule has 0 unspecified atom stereocenters. The molecule has 0 aliphatic carbocycles. The Morgan fingerprint density at radius 3 is 2.16 bits per heavy atom. The van der Waals surface area contributed by atoms with E-state index in [9.17, 15) is 0 Å². The van der Waals surface area contributed by atoms with E-state index in [1.165, 1.54) is 6.21 Å². The minimum atomic E-state index is 0.333. The highest BCUT2D eigenvalue weighted by atomic mass is 16.5. The van der Waals surface area contributed by atoms with Crippen molar-refractivity contribution in [2.24, 2.45) is 0 Å². The molecule has 1 aromatic heterocycles. The zero-order valence-electron chi connectivity index (χ0n) is 13.6. The van der Waals surface area contributed by atoms with E-state index in [1.54, 1.807) is 6.26 Å². The molecule has 25 heavy (non-hydrogen) atoms. The van der Waals surface area contributed by atoms with Crippen molar-refractivity contribution in [2.75, 3.05) is 0 Å². The molecule has 0 atom stereocenters. The van der Waals surface area contributed by atoms with Crippen LogP contribution in [0.15, 0.2) is 71.3 Å². The Balaban J connectivity index is 1.57. The van der Waals surface area contributed by atoms with Gasteiger partial charge >= 0.3 is 0 Å². The number of rotatable bonds is 8. The van der Waals surface area contributed by atoms with Crippen LogP contribution in [0.5, 0.6) is 17.2 Å². The zero-order chi connectivity index (χ0) is 17.5. The average Bonchev–Trinajstić information content (AvgIpc) is 3.15. The van der Waals surface area contributed by atoms with Gasteiger partial charge in [0.1, 0.15) is 29.6 Å². The first-order valence-corrected chi connectivity index (χ1v) is 7.84. The van der Waals surface area contributed by atoms with E-state index < -0.39 is 0 Å². The molecule has 0 radical (unpaired) electrons. The lowest BCUT2D eigenvalue weighted by atomic mass is 10.1. The molecule has 0 bridgehead atoms. The van der Waals surface area contributed by atoms with E-state index in [4.69, 9.17) is 24.7 Å². The first kappa shape index (κ1) is 16.5. The van der Waals surface area contributed by atoms with Gasteiger partial charge in [0.15, 0.2) is 0 Å². The Hall–Kier alpha value is -3.34. The molecule has 2 aromatic carbocycles. The van der Waals surface area contributed by atoms with Crippen LogP contribution in [0.4, 0.5) is 0 Å². The Morgan fingerprint density at radius 1 is 0.920 bits per heavy atom. The predicted octanol–water partition coefficient (Wildman–Crippen LogP) is 5.06. The lowest BCUT2D eigenvalue weighted by Gasteiger charge is -2.08. The summed E-state index contributed by atoms with van der Waals surface area (Å²) in [4.78, 5) is 0. The van der Waals surface area contributed by atoms with Crippen molar-refractivity contribution >= 4 is 11.9 Å². The first-order chi connectivity index (χ1) is 12.2. The Bertz CT molecular complexity index is 822. The fourth-order valence-corrected chi connectivity index (χ4v) is 2.23. The maximum Gasteiger partial charge on any atom is 0.146 e. The summed E-state index contributed by atoms with van der Waals surface area (Å²) in [6.45, 7) is 0.385. The second-order valence-corrected chi connectivity index (χ2v) is 5.35. The Morgan fingerprint density at radius 2 is 1.56 bits per heavy atom. The third-order valence-corrected chi connectivity index (χ3v) is 3.53. The normalized spacial score (nSPS) is 10.2. The molecule has 2 N–H and O–H groups in total. The SMILES string of the molecule is N=CCC(=N)c1ccc(Oc2ccc(OCc3ccco3)cc2)cc1. The average molecular weight is 334 g/mol. The van der Waals surface area contributed by atoms with Crippen molar-refractivity contribution < 1.29 is 13.9 Å². The van der Waals surface area contributed by atoms with Crippen LogP contribution in [-0.2, 0) is 6.61 Å². The molecule has 0 amide bonds. The predicted molar refractivity (Wildman–Crippen MR) is 96.2 cm³/mol. The van der Waals surface area contributed by atoms with Crippen molar-refractivity contribution in [3.05, 3.63) is 78.3 Å². The molecule has 0 spiro atoms. The highest BCUT2D eigenvalue weighted by Gasteiger charge is 2.03. The zero-order valence-corrected chi connectivity index (χ0v) is 13.6. The molecule has 3 aromatic rings. The van der Waals surface area contributed by atoms with Gasteiger partial charge in [-0.25, -0.2) is 0 Å². The third-order valence-electron chi connectivity index (χ3n) is 3.53. The first-order valence-electron chi connectivity index (χ1n) is 7.84. The lowest BCUT2D eigenvalue weighted by Crippen LogP contribution is -1.98. The fraction of sp³-hybridized carbons (Fsp3) is 0.100. The van der Waals surface area contributed by atoms with Gasteiger partial charge in [-0.2, -0.15) is 0 Å². The fourth-order valence-electron chi connectivity index (χ4n) is 2.23. The van der Waals surface area contributed by atoms with Crippen LogP contribution in [0.1, 0.15) is 17.7 Å². The minimum absolute atomic E-state index is 0.333. The molecule has 5 heteroatoms. The number of benzene rings is 2. The minimum Gasteiger partial charge on any atom is -0.486 e. The summed E-state index contributed by atoms with van der Waals surface area (Å²) in [5.41, 5.74) is 1.21. The van der Waals surface area contributed by atoms with E-state index in [-0.39, 0.29) is 0 Å². The largest absolute Gasteiger partial charge is 0.486 e. The summed E-state index contributed by atoms with van der Waals surface area (Å²) in [6.07, 6.45) is 3.18. The molecule has 0 aliphatic heterocycles. The number of nitrogens with one attached hydrogen (secondary N) is 2. The van der Waals surface area contributed by atoms with Gasteiger partial charge in [0.2, 0.25) is 0 Å². The third kappa shape index (κ3) is 4.57. The monoisotopic (exact) mass is 334 g/mol. The highest BCUT2D eigenvalue weighted by Crippen LogP contribution is 2.24. The molecule has 0 fully saturated rings. The number of hydrogen-bond acceptors (Lipinski definition) is 5. The van der Waals surface area contributed by atoms with Crippen LogP contribution in [0.25, 0.3) is 0 Å². The summed E-state index contributed by atoms with van der Waals surface area (Å²) < 4.78 is 16.6. The summed E-state index contributed by atoms with van der Waals surface area (Å²) >= 11 is 0. The molecule has 5 nitrogen and oxygen atoms in total. The second kappa shape index (κ2) is 7.97. The molecule has 1 heterocycles. The van der Waals surface area contributed by atoms with Crippen LogP contribution in [0.2, 0.25) is 0 Å². The van der Waals surface area contributed by atoms with Gasteiger partial charge in [-0.1, -0.05) is 0 Å². The summed E-state index contributed by atoms with van der Waals surface area (Å²) in [6, 6.07) is 18.3. The molecule has 0 aliphatic rings. The summed E-state index contributed by atoms with van der Waals surface area (Å²) in [5, 5.41) is 14.9. The quantitative estimate of drug-likeness (QED) is 0.565. The maximum atomic E-state index is 7.82. The van der Waals surface area contributed by atoms with E-state index in [2.05, 4.69) is 0 Å². The van der Waals surface area contributed by atoms with Gasteiger partial charge in [-0.3, -0.25) is 0 Å². The van der Waals surface area contributed by atoms with Gasteiger partial charge in [0, 0.05) is 18.3 Å². The summed E-state index contributed by atoms with van der Waals surface area (Å²) in [7, 11) is 0. The van der Waals surface area contributed by atoms with E-state index in [1.807, 2.05) is 60.7 Å². The van der Waals surface area contributed by atoms with Crippen LogP contribution in [-0.4, -0.2) is 11.9 Å². The lowest BCUT2D eigenvalue weighted by molar-refractivity contribution is 0.270. The van der Waals surface area contributed by atoms with Crippen molar-refractivity contribution in [1.29, 1.82) is 10.8 Å². The van der Waals surface area contributed by atoms with Crippen molar-refractivity contribution in [1.82, 2.24) is 0 Å². The van der Waals surface area contributed by atoms with E-state index >= 15 is 0 Å². The van der Waals surface area contributed by atoms with Crippen LogP contribution in [0, 0.1) is 10.8 Å². The van der Waals surface area contributed by atoms with Crippen molar-refractivity contribution in [2.45, 2.75) is 13.0 Å². The number of furan rings is 1.